The van der Waals surface area contributed by atoms with Crippen molar-refractivity contribution < 1.29 is 4.42 Å². The smallest absolute Gasteiger partial charge is 0.264 e. The van der Waals surface area contributed by atoms with Crippen molar-refractivity contribution in [3.8, 4) is 22.3 Å². The number of furan rings is 1. The third-order valence-corrected chi connectivity index (χ3v) is 19.9. The van der Waals surface area contributed by atoms with Crippen molar-refractivity contribution in [1.29, 1.82) is 0 Å². The number of nitrogens with zero attached hydrogens (tertiary/aromatic N) is 3. The number of thiophene rings is 1. The van der Waals surface area contributed by atoms with E-state index in [1.54, 1.807) is 0 Å². The number of anilines is 9. The van der Waals surface area contributed by atoms with E-state index in [0.717, 1.165) is 72.8 Å². The zero-order valence-electron chi connectivity index (χ0n) is 53.9. The van der Waals surface area contributed by atoms with Gasteiger partial charge in [0.05, 0.1) is 11.4 Å². The van der Waals surface area contributed by atoms with Crippen LogP contribution in [-0.2, 0) is 27.1 Å². The fourth-order valence-electron chi connectivity index (χ4n) is 13.5. The number of hydrogen-bond acceptors (Lipinski definition) is 5. The van der Waals surface area contributed by atoms with E-state index in [2.05, 4.69) is 331 Å². The lowest BCUT2D eigenvalue weighted by molar-refractivity contribution is 0.590. The fraction of sp³-hybridized carbons (Fsp3) is 0.244. The summed E-state index contributed by atoms with van der Waals surface area (Å²) in [7, 11) is 0. The molecule has 4 heterocycles. The first-order valence-corrected chi connectivity index (χ1v) is 32.3. The molecule has 0 unspecified atom stereocenters. The number of benzene rings is 10. The van der Waals surface area contributed by atoms with E-state index in [1.807, 2.05) is 11.3 Å². The minimum absolute atomic E-state index is 0.0145. The van der Waals surface area contributed by atoms with Crippen molar-refractivity contribution in [3.05, 3.63) is 240 Å². The molecule has 14 rings (SSSR count). The summed E-state index contributed by atoms with van der Waals surface area (Å²) in [5.41, 5.74) is 25.4. The molecule has 10 aromatic carbocycles. The van der Waals surface area contributed by atoms with Gasteiger partial charge in [-0.1, -0.05) is 219 Å². The van der Waals surface area contributed by atoms with Gasteiger partial charge in [0.25, 0.3) is 6.71 Å². The van der Waals surface area contributed by atoms with Gasteiger partial charge in [0, 0.05) is 71.0 Å². The van der Waals surface area contributed by atoms with Crippen LogP contribution in [0.2, 0.25) is 0 Å². The molecule has 0 aliphatic carbocycles. The van der Waals surface area contributed by atoms with Crippen LogP contribution in [-0.4, -0.2) is 6.71 Å². The summed E-state index contributed by atoms with van der Waals surface area (Å²) < 4.78 is 9.44. The zero-order chi connectivity index (χ0) is 61.6. The molecule has 6 heteroatoms. The Morgan fingerprint density at radius 2 is 0.864 bits per heavy atom. The van der Waals surface area contributed by atoms with Crippen LogP contribution in [0.15, 0.2) is 217 Å². The van der Waals surface area contributed by atoms with Crippen LogP contribution in [0.25, 0.3) is 54.3 Å². The van der Waals surface area contributed by atoms with E-state index in [-0.39, 0.29) is 33.8 Å². The van der Waals surface area contributed by atoms with Gasteiger partial charge in [0.2, 0.25) is 0 Å². The first-order chi connectivity index (χ1) is 41.8. The van der Waals surface area contributed by atoms with Crippen molar-refractivity contribution in [3.63, 3.8) is 0 Å². The Labute approximate surface area is 526 Å². The summed E-state index contributed by atoms with van der Waals surface area (Å²) >= 11 is 1.96. The van der Waals surface area contributed by atoms with E-state index in [4.69, 9.17) is 4.42 Å². The summed E-state index contributed by atoms with van der Waals surface area (Å²) in [6.45, 7) is 34.5. The van der Waals surface area contributed by atoms with Gasteiger partial charge in [-0.3, -0.25) is 0 Å². The molecule has 4 nitrogen and oxygen atoms in total. The summed E-state index contributed by atoms with van der Waals surface area (Å²) in [6, 6.07) is 81.3. The second-order valence-electron chi connectivity index (χ2n) is 29.9. The predicted octanol–water partition coefficient (Wildman–Crippen LogP) is 22.2. The molecule has 0 spiro atoms. The molecule has 0 amide bonds. The largest absolute Gasteiger partial charge is 0.456 e. The second-order valence-corrected chi connectivity index (χ2v) is 31.0. The Morgan fingerprint density at radius 1 is 0.375 bits per heavy atom. The number of hydrogen-bond donors (Lipinski definition) is 0. The van der Waals surface area contributed by atoms with Crippen LogP contribution in [0, 0.1) is 0 Å². The molecule has 0 saturated heterocycles. The van der Waals surface area contributed by atoms with Gasteiger partial charge < -0.3 is 19.1 Å². The summed E-state index contributed by atoms with van der Waals surface area (Å²) in [4.78, 5) is 7.76. The highest BCUT2D eigenvalue weighted by Crippen LogP contribution is 2.53. The highest BCUT2D eigenvalue weighted by molar-refractivity contribution is 7.33. The molecule has 438 valence electrons. The zero-order valence-corrected chi connectivity index (χ0v) is 54.8. The molecule has 0 N–H and O–H groups in total. The lowest BCUT2D eigenvalue weighted by Gasteiger charge is -2.44. The van der Waals surface area contributed by atoms with E-state index in [1.165, 1.54) is 76.2 Å². The van der Waals surface area contributed by atoms with E-state index in [9.17, 15) is 0 Å². The van der Waals surface area contributed by atoms with Gasteiger partial charge >= 0.3 is 0 Å². The minimum atomic E-state index is -0.154. The van der Waals surface area contributed by atoms with Gasteiger partial charge in [-0.15, -0.1) is 11.3 Å². The van der Waals surface area contributed by atoms with Crippen molar-refractivity contribution in [2.45, 2.75) is 131 Å². The highest BCUT2D eigenvalue weighted by Gasteiger charge is 2.47. The van der Waals surface area contributed by atoms with Crippen LogP contribution >= 0.6 is 11.3 Å². The maximum absolute atomic E-state index is 6.82. The maximum Gasteiger partial charge on any atom is 0.264 e. The molecular weight excluding hydrogens is 1090 g/mol. The summed E-state index contributed by atoms with van der Waals surface area (Å²) in [6.07, 6.45) is 0. The Bertz CT molecular complexity index is 4610. The first kappa shape index (κ1) is 57.2. The van der Waals surface area contributed by atoms with Crippen molar-refractivity contribution in [1.82, 2.24) is 0 Å². The minimum Gasteiger partial charge on any atom is -0.456 e. The maximum atomic E-state index is 6.82. The summed E-state index contributed by atoms with van der Waals surface area (Å²) in [5, 5.41) is 3.51. The molecule has 2 aromatic heterocycles. The monoisotopic (exact) mass is 1170 g/mol. The van der Waals surface area contributed by atoms with Crippen molar-refractivity contribution in [2.24, 2.45) is 0 Å². The molecule has 0 atom stereocenters. The average Bonchev–Trinajstić information content (AvgIpc) is 1.20. The molecule has 0 bridgehead atoms. The second kappa shape index (κ2) is 20.5. The topological polar surface area (TPSA) is 22.9 Å². The van der Waals surface area contributed by atoms with E-state index < -0.39 is 0 Å². The van der Waals surface area contributed by atoms with Crippen LogP contribution in [0.4, 0.5) is 51.2 Å². The van der Waals surface area contributed by atoms with E-state index in [0.29, 0.717) is 0 Å². The van der Waals surface area contributed by atoms with Crippen LogP contribution < -0.4 is 30.4 Å². The Balaban J connectivity index is 1.14. The van der Waals surface area contributed by atoms with Crippen molar-refractivity contribution in [2.75, 3.05) is 14.7 Å². The Morgan fingerprint density at radius 3 is 1.42 bits per heavy atom. The van der Waals surface area contributed by atoms with Gasteiger partial charge in [-0.05, 0) is 180 Å². The van der Waals surface area contributed by atoms with E-state index >= 15 is 0 Å². The standard InChI is InChI=1S/C82H80BN3OS/c1-78(2,3)54-26-35-59(36-27-54)84(60-37-28-55(29-38-60)79(4,5)6)68-50-69-67(49-65(68)52-25-43-64-63-23-19-20-24-72(63)87-73(64)47-52)83-75-70(85(69)61-39-30-56(31-40-61)80(7,8)9)45-53(51-21-17-16-18-22-51)46-71(75)86(62-41-32-57(33-42-62)81(10,11)12)76-66-48-58(82(13,14)15)34-44-74(66)88-77(76)83/h16-50H,1-15H3. The lowest BCUT2D eigenvalue weighted by Crippen LogP contribution is -2.60. The Hall–Kier alpha value is -8.58. The Kier molecular flexibility index (Phi) is 13.3. The van der Waals surface area contributed by atoms with Crippen LogP contribution in [0.1, 0.15) is 132 Å². The summed E-state index contributed by atoms with van der Waals surface area (Å²) in [5.74, 6) is 0. The van der Waals surface area contributed by atoms with Crippen molar-refractivity contribution >= 4 is 117 Å². The molecule has 0 saturated carbocycles. The van der Waals surface area contributed by atoms with Gasteiger partial charge in [0.1, 0.15) is 11.2 Å². The number of fused-ring (bicyclic) bond motifs is 9. The third kappa shape index (κ3) is 9.84. The normalized spacial score (nSPS) is 13.6. The first-order valence-electron chi connectivity index (χ1n) is 31.5. The van der Waals surface area contributed by atoms with Crippen LogP contribution in [0.5, 0.6) is 0 Å². The lowest BCUT2D eigenvalue weighted by atomic mass is 9.36. The highest BCUT2D eigenvalue weighted by atomic mass is 32.1. The molecule has 12 aromatic rings. The molecule has 0 fully saturated rings. The number of para-hydroxylation sites is 1. The van der Waals surface area contributed by atoms with Crippen LogP contribution in [0.3, 0.4) is 0 Å². The number of rotatable bonds is 7. The SMILES string of the molecule is CC(C)(C)c1ccc(N(c2ccc(C(C)(C)C)cc2)c2cc3c(cc2-c2ccc4c(c2)oc2ccccc24)B2c4sc5ccc(C(C)(C)C)cc5c4N(c4ccc(C(C)(C)C)cc4)c4cc(-c5ccccc5)cc(c42)N3c2ccc(C(C)(C)C)cc2)cc1. The third-order valence-electron chi connectivity index (χ3n) is 18.6. The molecule has 2 aliphatic heterocycles. The predicted molar refractivity (Wildman–Crippen MR) is 382 cm³/mol. The molecule has 88 heavy (non-hydrogen) atoms. The average molecular weight is 1170 g/mol. The van der Waals surface area contributed by atoms with Gasteiger partial charge in [-0.2, -0.15) is 0 Å². The molecule has 0 radical (unpaired) electrons. The van der Waals surface area contributed by atoms with Gasteiger partial charge in [-0.25, -0.2) is 0 Å². The molecule has 2 aliphatic rings. The fourth-order valence-corrected chi connectivity index (χ4v) is 14.8. The quantitative estimate of drug-likeness (QED) is 0.148. The molecular formula is C82H80BN3OS. The van der Waals surface area contributed by atoms with Gasteiger partial charge in [0.15, 0.2) is 0 Å².